The summed E-state index contributed by atoms with van der Waals surface area (Å²) in [7, 11) is 1.65. The second kappa shape index (κ2) is 7.37. The SMILES string of the molecule is COC(C)(C)CCOc1c(N)cc(C#N)n1Cc1ccc(F)cc1. The van der Waals surface area contributed by atoms with Crippen molar-refractivity contribution in [2.75, 3.05) is 19.5 Å². The third-order valence-corrected chi connectivity index (χ3v) is 3.94. The standard InChI is InChI=1S/C18H22FN3O2/c1-18(2,23-3)8-9-24-17-16(21)10-15(11-20)22(17)12-13-4-6-14(19)7-5-13/h4-7,10H,8-9,12,21H2,1-3H3. The Kier molecular flexibility index (Phi) is 5.47. The molecule has 0 bridgehead atoms. The van der Waals surface area contributed by atoms with Gasteiger partial charge in [0.15, 0.2) is 0 Å². The average Bonchev–Trinajstić information content (AvgIpc) is 2.85. The monoisotopic (exact) mass is 331 g/mol. The molecule has 1 aromatic carbocycles. The topological polar surface area (TPSA) is 73.2 Å². The minimum absolute atomic E-state index is 0.301. The number of methoxy groups -OCH3 is 1. The van der Waals surface area contributed by atoms with E-state index in [9.17, 15) is 9.65 Å². The first-order valence-electron chi connectivity index (χ1n) is 7.68. The Hall–Kier alpha value is -2.52. The zero-order valence-corrected chi connectivity index (χ0v) is 14.2. The van der Waals surface area contributed by atoms with Gasteiger partial charge < -0.3 is 15.2 Å². The number of nitrogen functional groups attached to an aromatic ring is 1. The summed E-state index contributed by atoms with van der Waals surface area (Å²) in [6.45, 7) is 4.72. The number of nitrogens with two attached hydrogens (primary N) is 1. The van der Waals surface area contributed by atoms with Crippen molar-refractivity contribution < 1.29 is 13.9 Å². The summed E-state index contributed by atoms with van der Waals surface area (Å²) in [6.07, 6.45) is 0.673. The Morgan fingerprint density at radius 1 is 1.29 bits per heavy atom. The van der Waals surface area contributed by atoms with Crippen LogP contribution in [-0.4, -0.2) is 23.9 Å². The normalized spacial score (nSPS) is 11.3. The maximum Gasteiger partial charge on any atom is 0.218 e. The number of hydrogen-bond acceptors (Lipinski definition) is 4. The van der Waals surface area contributed by atoms with Gasteiger partial charge in [0.05, 0.1) is 24.4 Å². The van der Waals surface area contributed by atoms with E-state index < -0.39 is 0 Å². The minimum atomic E-state index is -0.304. The molecule has 5 nitrogen and oxygen atoms in total. The van der Waals surface area contributed by atoms with Crippen LogP contribution in [0.5, 0.6) is 5.88 Å². The van der Waals surface area contributed by atoms with Gasteiger partial charge in [-0.25, -0.2) is 4.39 Å². The Bertz CT molecular complexity index is 730. The lowest BCUT2D eigenvalue weighted by Crippen LogP contribution is -2.25. The Balaban J connectivity index is 2.20. The highest BCUT2D eigenvalue weighted by atomic mass is 19.1. The lowest BCUT2D eigenvalue weighted by Gasteiger charge is -2.23. The predicted molar refractivity (Wildman–Crippen MR) is 90.3 cm³/mol. The molecule has 0 saturated carbocycles. The van der Waals surface area contributed by atoms with Crippen LogP contribution in [0.25, 0.3) is 0 Å². The number of anilines is 1. The summed E-state index contributed by atoms with van der Waals surface area (Å²) in [5.74, 6) is 0.146. The molecule has 0 saturated heterocycles. The molecule has 0 aliphatic heterocycles. The summed E-state index contributed by atoms with van der Waals surface area (Å²) in [4.78, 5) is 0. The van der Waals surface area contributed by atoms with Gasteiger partial charge in [-0.1, -0.05) is 12.1 Å². The third-order valence-electron chi connectivity index (χ3n) is 3.94. The van der Waals surface area contributed by atoms with Gasteiger partial charge in [0, 0.05) is 19.6 Å². The molecule has 0 unspecified atom stereocenters. The van der Waals surface area contributed by atoms with Crippen LogP contribution in [0.3, 0.4) is 0 Å². The molecule has 0 fully saturated rings. The van der Waals surface area contributed by atoms with E-state index in [0.29, 0.717) is 36.8 Å². The van der Waals surface area contributed by atoms with Gasteiger partial charge in [-0.15, -0.1) is 0 Å². The highest BCUT2D eigenvalue weighted by Gasteiger charge is 2.19. The van der Waals surface area contributed by atoms with Gasteiger partial charge >= 0.3 is 0 Å². The van der Waals surface area contributed by atoms with E-state index in [-0.39, 0.29) is 11.4 Å². The van der Waals surface area contributed by atoms with E-state index in [2.05, 4.69) is 6.07 Å². The summed E-state index contributed by atoms with van der Waals surface area (Å²) in [6, 6.07) is 9.81. The van der Waals surface area contributed by atoms with Crippen molar-refractivity contribution in [3.63, 3.8) is 0 Å². The number of aromatic nitrogens is 1. The number of nitriles is 1. The zero-order valence-electron chi connectivity index (χ0n) is 14.2. The van der Waals surface area contributed by atoms with Crippen LogP contribution in [0, 0.1) is 17.1 Å². The van der Waals surface area contributed by atoms with E-state index in [4.69, 9.17) is 15.2 Å². The number of nitrogens with zero attached hydrogens (tertiary/aromatic N) is 2. The number of ether oxygens (including phenoxy) is 2. The van der Waals surface area contributed by atoms with Crippen molar-refractivity contribution in [2.24, 2.45) is 0 Å². The molecule has 2 aromatic rings. The van der Waals surface area contributed by atoms with E-state index >= 15 is 0 Å². The van der Waals surface area contributed by atoms with Crippen LogP contribution in [0.2, 0.25) is 0 Å². The first kappa shape index (κ1) is 17.8. The van der Waals surface area contributed by atoms with Crippen LogP contribution in [0.4, 0.5) is 10.1 Å². The Morgan fingerprint density at radius 2 is 1.96 bits per heavy atom. The van der Waals surface area contributed by atoms with E-state index in [1.54, 1.807) is 29.9 Å². The fourth-order valence-corrected chi connectivity index (χ4v) is 2.23. The van der Waals surface area contributed by atoms with Gasteiger partial charge in [-0.2, -0.15) is 5.26 Å². The van der Waals surface area contributed by atoms with Crippen molar-refractivity contribution in [3.8, 4) is 11.9 Å². The molecule has 6 heteroatoms. The molecular weight excluding hydrogens is 309 g/mol. The molecular formula is C18H22FN3O2. The number of rotatable bonds is 7. The van der Waals surface area contributed by atoms with Crippen LogP contribution >= 0.6 is 0 Å². The summed E-state index contributed by atoms with van der Waals surface area (Å²) >= 11 is 0. The highest BCUT2D eigenvalue weighted by molar-refractivity contribution is 5.55. The molecule has 1 aromatic heterocycles. The first-order valence-corrected chi connectivity index (χ1v) is 7.68. The van der Waals surface area contributed by atoms with Crippen molar-refractivity contribution in [1.82, 2.24) is 4.57 Å². The van der Waals surface area contributed by atoms with Crippen molar-refractivity contribution >= 4 is 5.69 Å². The number of benzene rings is 1. The summed E-state index contributed by atoms with van der Waals surface area (Å²) < 4.78 is 25.9. The molecule has 0 radical (unpaired) electrons. The smallest absolute Gasteiger partial charge is 0.218 e. The maximum atomic E-state index is 13.1. The average molecular weight is 331 g/mol. The van der Waals surface area contributed by atoms with Crippen molar-refractivity contribution in [3.05, 3.63) is 47.4 Å². The third kappa shape index (κ3) is 4.27. The molecule has 0 aliphatic carbocycles. The van der Waals surface area contributed by atoms with Gasteiger partial charge in [0.1, 0.15) is 17.6 Å². The lowest BCUT2D eigenvalue weighted by atomic mass is 10.1. The van der Waals surface area contributed by atoms with Crippen LogP contribution < -0.4 is 10.5 Å². The fraction of sp³-hybridized carbons (Fsp3) is 0.389. The maximum absolute atomic E-state index is 13.1. The Labute approximate surface area is 141 Å². The first-order chi connectivity index (χ1) is 11.4. The second-order valence-electron chi connectivity index (χ2n) is 6.18. The summed E-state index contributed by atoms with van der Waals surface area (Å²) in [5, 5.41) is 9.31. The fourth-order valence-electron chi connectivity index (χ4n) is 2.23. The largest absolute Gasteiger partial charge is 0.477 e. The van der Waals surface area contributed by atoms with Gasteiger partial charge in [-0.3, -0.25) is 4.57 Å². The molecule has 0 amide bonds. The molecule has 0 atom stereocenters. The highest BCUT2D eigenvalue weighted by Crippen LogP contribution is 2.28. The predicted octanol–water partition coefficient (Wildman–Crippen LogP) is 3.32. The van der Waals surface area contributed by atoms with Gasteiger partial charge in [0.2, 0.25) is 5.88 Å². The minimum Gasteiger partial charge on any atom is -0.477 e. The molecule has 24 heavy (non-hydrogen) atoms. The molecule has 1 heterocycles. The molecule has 2 rings (SSSR count). The molecule has 2 N–H and O–H groups in total. The van der Waals surface area contributed by atoms with Gasteiger partial charge in [0.25, 0.3) is 0 Å². The van der Waals surface area contributed by atoms with Crippen LogP contribution in [-0.2, 0) is 11.3 Å². The molecule has 0 spiro atoms. The zero-order chi connectivity index (χ0) is 17.7. The number of hydrogen-bond donors (Lipinski definition) is 1. The molecule has 0 aliphatic rings. The van der Waals surface area contributed by atoms with Crippen molar-refractivity contribution in [2.45, 2.75) is 32.4 Å². The van der Waals surface area contributed by atoms with Crippen LogP contribution in [0.15, 0.2) is 30.3 Å². The molecule has 128 valence electrons. The van der Waals surface area contributed by atoms with E-state index in [0.717, 1.165) is 5.56 Å². The lowest BCUT2D eigenvalue weighted by molar-refractivity contribution is 0.00485. The second-order valence-corrected chi connectivity index (χ2v) is 6.18. The van der Waals surface area contributed by atoms with E-state index in [1.165, 1.54) is 12.1 Å². The van der Waals surface area contributed by atoms with Gasteiger partial charge in [-0.05, 0) is 31.5 Å². The Morgan fingerprint density at radius 3 is 2.54 bits per heavy atom. The van der Waals surface area contributed by atoms with E-state index in [1.807, 2.05) is 13.8 Å². The van der Waals surface area contributed by atoms with Crippen molar-refractivity contribution in [1.29, 1.82) is 5.26 Å². The summed E-state index contributed by atoms with van der Waals surface area (Å²) in [5.41, 5.74) is 7.34. The quantitative estimate of drug-likeness (QED) is 0.844. The van der Waals surface area contributed by atoms with Crippen LogP contribution in [0.1, 0.15) is 31.5 Å². The number of halogens is 1.